The van der Waals surface area contributed by atoms with Gasteiger partial charge in [0.05, 0.1) is 29.1 Å². The van der Waals surface area contributed by atoms with E-state index in [2.05, 4.69) is 10.1 Å². The number of fused-ring (bicyclic) bond motifs is 1. The van der Waals surface area contributed by atoms with Crippen LogP contribution in [0.1, 0.15) is 40.7 Å². The van der Waals surface area contributed by atoms with Gasteiger partial charge in [-0.15, -0.1) is 11.3 Å². The van der Waals surface area contributed by atoms with E-state index in [4.69, 9.17) is 4.42 Å². The lowest BCUT2D eigenvalue weighted by Gasteiger charge is -2.22. The zero-order valence-electron chi connectivity index (χ0n) is 15.5. The van der Waals surface area contributed by atoms with Crippen LogP contribution in [0, 0.1) is 0 Å². The van der Waals surface area contributed by atoms with Crippen LogP contribution in [0.2, 0.25) is 0 Å². The Bertz CT molecular complexity index is 1200. The topological polar surface area (TPSA) is 63.6 Å². The van der Waals surface area contributed by atoms with Crippen LogP contribution in [-0.4, -0.2) is 31.9 Å². The molecule has 0 N–H and O–H groups in total. The molecule has 1 amide bonds. The molecule has 0 aliphatic carbocycles. The minimum absolute atomic E-state index is 0.0392. The van der Waals surface area contributed by atoms with Crippen LogP contribution < -0.4 is 0 Å². The first-order valence-corrected chi connectivity index (χ1v) is 10.2. The van der Waals surface area contributed by atoms with Crippen molar-refractivity contribution in [2.24, 2.45) is 0 Å². The highest BCUT2D eigenvalue weighted by Crippen LogP contribution is 2.36. The Kier molecular flexibility index (Phi) is 4.39. The summed E-state index contributed by atoms with van der Waals surface area (Å²) < 4.78 is 47.3. The fourth-order valence-corrected chi connectivity index (χ4v) is 4.49. The first kappa shape index (κ1) is 18.9. The smallest absolute Gasteiger partial charge is 0.433 e. The number of alkyl halides is 3. The van der Waals surface area contributed by atoms with Crippen molar-refractivity contribution in [1.82, 2.24) is 19.5 Å². The standard InChI is InChI=1S/C20H15F3N4O2S/c21-20(22,23)17-10-13(16-6-3-9-30-16)25-18-12(11-24-27(17)18)19(28)26-7-1-4-14(26)15-5-2-8-29-15/h2-3,5-6,8-11,14H,1,4,7H2/t14-/m0/s1. The molecule has 0 saturated carbocycles. The van der Waals surface area contributed by atoms with E-state index in [9.17, 15) is 18.0 Å². The Morgan fingerprint density at radius 3 is 2.83 bits per heavy atom. The average molecular weight is 432 g/mol. The number of amides is 1. The van der Waals surface area contributed by atoms with Crippen molar-refractivity contribution in [3.63, 3.8) is 0 Å². The first-order chi connectivity index (χ1) is 14.4. The van der Waals surface area contributed by atoms with Gasteiger partial charge in [-0.1, -0.05) is 6.07 Å². The van der Waals surface area contributed by atoms with Crippen molar-refractivity contribution in [3.05, 3.63) is 65.2 Å². The fraction of sp³-hybridized carbons (Fsp3) is 0.250. The lowest BCUT2D eigenvalue weighted by Crippen LogP contribution is -2.30. The van der Waals surface area contributed by atoms with Crippen molar-refractivity contribution in [2.75, 3.05) is 6.54 Å². The van der Waals surface area contributed by atoms with Crippen molar-refractivity contribution in [3.8, 4) is 10.6 Å². The average Bonchev–Trinajstić information content (AvgIpc) is 3.52. The summed E-state index contributed by atoms with van der Waals surface area (Å²) in [7, 11) is 0. The van der Waals surface area contributed by atoms with Gasteiger partial charge in [0, 0.05) is 6.54 Å². The molecule has 6 nitrogen and oxygen atoms in total. The number of aromatic nitrogens is 3. The molecule has 154 valence electrons. The molecule has 0 bridgehead atoms. The third-order valence-electron chi connectivity index (χ3n) is 5.15. The number of hydrogen-bond donors (Lipinski definition) is 0. The van der Waals surface area contributed by atoms with Gasteiger partial charge in [0.2, 0.25) is 0 Å². The highest BCUT2D eigenvalue weighted by Gasteiger charge is 2.38. The van der Waals surface area contributed by atoms with Gasteiger partial charge in [-0.05, 0) is 42.5 Å². The lowest BCUT2D eigenvalue weighted by molar-refractivity contribution is -0.142. The Morgan fingerprint density at radius 2 is 2.13 bits per heavy atom. The van der Waals surface area contributed by atoms with E-state index in [-0.39, 0.29) is 22.9 Å². The van der Waals surface area contributed by atoms with E-state index in [1.165, 1.54) is 17.6 Å². The van der Waals surface area contributed by atoms with E-state index in [1.807, 2.05) is 0 Å². The van der Waals surface area contributed by atoms with Crippen molar-refractivity contribution in [1.29, 1.82) is 0 Å². The molecule has 1 saturated heterocycles. The number of carbonyl (C=O) groups excluding carboxylic acids is 1. The highest BCUT2D eigenvalue weighted by molar-refractivity contribution is 7.13. The number of likely N-dealkylation sites (tertiary alicyclic amines) is 1. The largest absolute Gasteiger partial charge is 0.467 e. The minimum atomic E-state index is -4.65. The molecule has 10 heteroatoms. The van der Waals surface area contributed by atoms with Gasteiger partial charge in [-0.25, -0.2) is 9.50 Å². The maximum atomic E-state index is 13.7. The normalized spacial score (nSPS) is 17.2. The predicted octanol–water partition coefficient (Wildman–Crippen LogP) is 5.05. The van der Waals surface area contributed by atoms with E-state index in [0.29, 0.717) is 21.7 Å². The summed E-state index contributed by atoms with van der Waals surface area (Å²) >= 11 is 1.28. The van der Waals surface area contributed by atoms with Crippen LogP contribution in [0.5, 0.6) is 0 Å². The summed E-state index contributed by atoms with van der Waals surface area (Å²) in [6, 6.07) is 7.67. The molecule has 30 heavy (non-hydrogen) atoms. The molecule has 1 aliphatic heterocycles. The number of carbonyl (C=O) groups is 1. The van der Waals surface area contributed by atoms with Crippen LogP contribution in [0.25, 0.3) is 16.2 Å². The molecule has 4 aromatic rings. The predicted molar refractivity (Wildman–Crippen MR) is 103 cm³/mol. The molecular weight excluding hydrogens is 417 g/mol. The van der Waals surface area contributed by atoms with Gasteiger partial charge >= 0.3 is 6.18 Å². The summed E-state index contributed by atoms with van der Waals surface area (Å²) in [6.45, 7) is 0.484. The zero-order chi connectivity index (χ0) is 20.9. The Labute approximate surface area is 172 Å². The van der Waals surface area contributed by atoms with Crippen LogP contribution in [-0.2, 0) is 6.18 Å². The Morgan fingerprint density at radius 1 is 1.27 bits per heavy atom. The van der Waals surface area contributed by atoms with Gasteiger partial charge in [0.15, 0.2) is 11.3 Å². The second-order valence-corrected chi connectivity index (χ2v) is 7.92. The van der Waals surface area contributed by atoms with Gasteiger partial charge in [-0.2, -0.15) is 18.3 Å². The SMILES string of the molecule is O=C(c1cnn2c(C(F)(F)F)cc(-c3cccs3)nc12)N1CCC[C@H]1c1ccco1. The van der Waals surface area contributed by atoms with E-state index in [1.54, 1.807) is 34.5 Å². The molecule has 0 unspecified atom stereocenters. The van der Waals surface area contributed by atoms with Gasteiger partial charge in [0.1, 0.15) is 11.3 Å². The van der Waals surface area contributed by atoms with Crippen LogP contribution in [0.3, 0.4) is 0 Å². The van der Waals surface area contributed by atoms with Gasteiger partial charge in [0.25, 0.3) is 5.91 Å². The summed E-state index contributed by atoms with van der Waals surface area (Å²) in [5, 5.41) is 5.61. The second kappa shape index (κ2) is 6.98. The molecule has 0 spiro atoms. The minimum Gasteiger partial charge on any atom is -0.467 e. The molecular formula is C20H15F3N4O2S. The third kappa shape index (κ3) is 3.07. The number of halogens is 3. The monoisotopic (exact) mass is 432 g/mol. The van der Waals surface area contributed by atoms with Crippen molar-refractivity contribution >= 4 is 22.9 Å². The molecule has 1 atom stereocenters. The second-order valence-electron chi connectivity index (χ2n) is 6.97. The number of rotatable bonds is 3. The molecule has 0 radical (unpaired) electrons. The molecule has 5 rings (SSSR count). The molecule has 1 fully saturated rings. The zero-order valence-corrected chi connectivity index (χ0v) is 16.3. The maximum absolute atomic E-state index is 13.7. The number of furan rings is 1. The summed E-state index contributed by atoms with van der Waals surface area (Å²) in [6.07, 6.45) is -0.451. The third-order valence-corrected chi connectivity index (χ3v) is 6.04. The summed E-state index contributed by atoms with van der Waals surface area (Å²) in [5.41, 5.74) is -0.886. The maximum Gasteiger partial charge on any atom is 0.433 e. The van der Waals surface area contributed by atoms with E-state index in [0.717, 1.165) is 25.1 Å². The fourth-order valence-electron chi connectivity index (χ4n) is 3.81. The van der Waals surface area contributed by atoms with Crippen LogP contribution in [0.15, 0.2) is 52.6 Å². The van der Waals surface area contributed by atoms with Crippen LogP contribution in [0.4, 0.5) is 13.2 Å². The molecule has 0 aromatic carbocycles. The van der Waals surface area contributed by atoms with Gasteiger partial charge < -0.3 is 9.32 Å². The van der Waals surface area contributed by atoms with Crippen molar-refractivity contribution < 1.29 is 22.4 Å². The first-order valence-electron chi connectivity index (χ1n) is 9.28. The lowest BCUT2D eigenvalue weighted by atomic mass is 10.1. The highest BCUT2D eigenvalue weighted by atomic mass is 32.1. The number of nitrogens with zero attached hydrogens (tertiary/aromatic N) is 4. The number of hydrogen-bond acceptors (Lipinski definition) is 5. The summed E-state index contributed by atoms with van der Waals surface area (Å²) in [4.78, 5) is 19.9. The molecule has 1 aliphatic rings. The Balaban J connectivity index is 1.63. The summed E-state index contributed by atoms with van der Waals surface area (Å²) in [5.74, 6) is 0.244. The van der Waals surface area contributed by atoms with Crippen LogP contribution >= 0.6 is 11.3 Å². The molecule has 4 aromatic heterocycles. The van der Waals surface area contributed by atoms with E-state index < -0.39 is 17.8 Å². The quantitative estimate of drug-likeness (QED) is 0.455. The van der Waals surface area contributed by atoms with Gasteiger partial charge in [-0.3, -0.25) is 4.79 Å². The van der Waals surface area contributed by atoms with E-state index >= 15 is 0 Å². The number of thiophene rings is 1. The van der Waals surface area contributed by atoms with Crippen molar-refractivity contribution in [2.45, 2.75) is 25.1 Å². The molecule has 5 heterocycles. The Hall–Kier alpha value is -3.14.